The number of hydrogen-bond acceptors (Lipinski definition) is 5. The normalized spacial score (nSPS) is 30.3. The van der Waals surface area contributed by atoms with E-state index in [0.717, 1.165) is 25.3 Å². The number of rotatable bonds is 3. The maximum absolute atomic E-state index is 12.3. The number of phenolic OH excluding ortho intramolecular Hbond substituents is 1. The number of carbonyl (C=O) groups excluding carboxylic acids is 1. The minimum atomic E-state index is -0.600. The van der Waals surface area contributed by atoms with Crippen molar-refractivity contribution < 1.29 is 14.8 Å². The molecule has 1 aromatic carbocycles. The molecule has 7 heteroatoms. The first-order valence-electron chi connectivity index (χ1n) is 7.01. The fraction of sp³-hybridized carbons (Fsp3) is 0.500. The fourth-order valence-corrected chi connectivity index (χ4v) is 3.68. The third-order valence-electron chi connectivity index (χ3n) is 4.73. The first-order valence-corrected chi connectivity index (χ1v) is 7.01. The lowest BCUT2D eigenvalue weighted by Crippen LogP contribution is -2.42. The zero-order valence-corrected chi connectivity index (χ0v) is 11.4. The van der Waals surface area contributed by atoms with Crippen molar-refractivity contribution in [3.05, 3.63) is 28.3 Å². The topological polar surface area (TPSA) is 118 Å². The molecule has 2 aliphatic carbocycles. The van der Waals surface area contributed by atoms with Crippen LogP contribution in [0.3, 0.4) is 0 Å². The van der Waals surface area contributed by atoms with E-state index in [1.54, 1.807) is 0 Å². The average Bonchev–Trinajstić information content (AvgIpc) is 3.01. The predicted molar refractivity (Wildman–Crippen MR) is 75.7 cm³/mol. The molecule has 4 unspecified atom stereocenters. The first-order chi connectivity index (χ1) is 9.97. The molecule has 0 saturated heterocycles. The van der Waals surface area contributed by atoms with Gasteiger partial charge in [-0.3, -0.25) is 14.9 Å². The summed E-state index contributed by atoms with van der Waals surface area (Å²) < 4.78 is 0. The van der Waals surface area contributed by atoms with Gasteiger partial charge < -0.3 is 16.2 Å². The molecule has 1 aromatic rings. The Balaban J connectivity index is 1.75. The van der Waals surface area contributed by atoms with E-state index in [4.69, 9.17) is 5.73 Å². The predicted octanol–water partition coefficient (Wildman–Crippen LogP) is 1.61. The monoisotopic (exact) mass is 291 g/mol. The Bertz CT molecular complexity index is 602. The van der Waals surface area contributed by atoms with Crippen molar-refractivity contribution in [2.75, 3.05) is 5.32 Å². The maximum atomic E-state index is 12.3. The van der Waals surface area contributed by atoms with Gasteiger partial charge in [0.1, 0.15) is 5.75 Å². The third kappa shape index (κ3) is 2.33. The Hall–Kier alpha value is -2.15. The van der Waals surface area contributed by atoms with Crippen LogP contribution in [0.4, 0.5) is 11.4 Å². The molecule has 0 radical (unpaired) electrons. The summed E-state index contributed by atoms with van der Waals surface area (Å²) >= 11 is 0. The van der Waals surface area contributed by atoms with Gasteiger partial charge in [-0.15, -0.1) is 0 Å². The number of carbonyl (C=O) groups is 1. The molecule has 7 nitrogen and oxygen atoms in total. The van der Waals surface area contributed by atoms with Crippen LogP contribution < -0.4 is 11.1 Å². The molecule has 1 amide bonds. The standard InChI is InChI=1S/C14H17N3O4/c15-13-8-2-1-7(5-8)12(13)14(19)16-10-4-3-9(17(20)21)6-11(10)18/h3-4,6-8,12-13,18H,1-2,5,15H2,(H,16,19). The SMILES string of the molecule is NC1C2CCC(C2)C1C(=O)Nc1ccc([N+](=O)[O-])cc1O. The number of benzene rings is 1. The van der Waals surface area contributed by atoms with Crippen LogP contribution in [0.5, 0.6) is 5.75 Å². The summed E-state index contributed by atoms with van der Waals surface area (Å²) in [4.78, 5) is 22.4. The zero-order valence-electron chi connectivity index (χ0n) is 11.4. The van der Waals surface area contributed by atoms with Gasteiger partial charge in [-0.25, -0.2) is 0 Å². The fourth-order valence-electron chi connectivity index (χ4n) is 3.68. The Morgan fingerprint density at radius 3 is 2.67 bits per heavy atom. The maximum Gasteiger partial charge on any atom is 0.273 e. The number of nitrogens with one attached hydrogen (secondary N) is 1. The lowest BCUT2D eigenvalue weighted by Gasteiger charge is -2.27. The number of anilines is 1. The third-order valence-corrected chi connectivity index (χ3v) is 4.73. The van der Waals surface area contributed by atoms with Gasteiger partial charge in [-0.1, -0.05) is 0 Å². The lowest BCUT2D eigenvalue weighted by molar-refractivity contribution is -0.384. The molecule has 0 aromatic heterocycles. The van der Waals surface area contributed by atoms with Crippen LogP contribution in [0.2, 0.25) is 0 Å². The number of non-ortho nitro benzene ring substituents is 1. The lowest BCUT2D eigenvalue weighted by atomic mass is 9.84. The number of nitrogens with two attached hydrogens (primary N) is 1. The van der Waals surface area contributed by atoms with Crippen LogP contribution in [0, 0.1) is 27.9 Å². The van der Waals surface area contributed by atoms with Crippen molar-refractivity contribution in [3.8, 4) is 5.75 Å². The van der Waals surface area contributed by atoms with Gasteiger partial charge in [0.05, 0.1) is 22.6 Å². The molecule has 2 bridgehead atoms. The Labute approximate surface area is 121 Å². The highest BCUT2D eigenvalue weighted by Crippen LogP contribution is 2.48. The highest BCUT2D eigenvalue weighted by molar-refractivity contribution is 5.95. The molecule has 21 heavy (non-hydrogen) atoms. The molecule has 2 aliphatic rings. The van der Waals surface area contributed by atoms with Crippen LogP contribution in [0.25, 0.3) is 0 Å². The summed E-state index contributed by atoms with van der Waals surface area (Å²) in [6.45, 7) is 0. The first kappa shape index (κ1) is 13.8. The van der Waals surface area contributed by atoms with Crippen LogP contribution in [0.1, 0.15) is 19.3 Å². The van der Waals surface area contributed by atoms with Gasteiger partial charge in [0.25, 0.3) is 5.69 Å². The van der Waals surface area contributed by atoms with Gasteiger partial charge in [0.2, 0.25) is 5.91 Å². The van der Waals surface area contributed by atoms with Crippen molar-refractivity contribution in [3.63, 3.8) is 0 Å². The number of nitrogens with zero attached hydrogens (tertiary/aromatic N) is 1. The van der Waals surface area contributed by atoms with Crippen LogP contribution in [0.15, 0.2) is 18.2 Å². The van der Waals surface area contributed by atoms with E-state index >= 15 is 0 Å². The number of aromatic hydroxyl groups is 1. The van der Waals surface area contributed by atoms with E-state index in [1.165, 1.54) is 12.1 Å². The largest absolute Gasteiger partial charge is 0.506 e. The second-order valence-electron chi connectivity index (χ2n) is 5.88. The van der Waals surface area contributed by atoms with E-state index in [0.29, 0.717) is 11.8 Å². The number of phenols is 1. The minimum Gasteiger partial charge on any atom is -0.506 e. The summed E-state index contributed by atoms with van der Waals surface area (Å²) in [5.41, 5.74) is 6.07. The van der Waals surface area contributed by atoms with Gasteiger partial charge >= 0.3 is 0 Å². The smallest absolute Gasteiger partial charge is 0.273 e. The van der Waals surface area contributed by atoms with Crippen molar-refractivity contribution in [2.45, 2.75) is 25.3 Å². The van der Waals surface area contributed by atoms with Gasteiger partial charge in [0, 0.05) is 12.1 Å². The van der Waals surface area contributed by atoms with Crippen LogP contribution in [-0.4, -0.2) is 22.0 Å². The van der Waals surface area contributed by atoms with Gasteiger partial charge in [-0.2, -0.15) is 0 Å². The van der Waals surface area contributed by atoms with Crippen molar-refractivity contribution in [1.82, 2.24) is 0 Å². The minimum absolute atomic E-state index is 0.135. The van der Waals surface area contributed by atoms with Gasteiger partial charge in [0.15, 0.2) is 0 Å². The molecular weight excluding hydrogens is 274 g/mol. The molecule has 112 valence electrons. The number of fused-ring (bicyclic) bond motifs is 2. The van der Waals surface area contributed by atoms with E-state index in [2.05, 4.69) is 5.32 Å². The molecule has 4 N–H and O–H groups in total. The second kappa shape index (κ2) is 5.00. The molecule has 2 saturated carbocycles. The molecular formula is C14H17N3O4. The van der Waals surface area contributed by atoms with E-state index in [1.807, 2.05) is 0 Å². The quantitative estimate of drug-likeness (QED) is 0.444. The number of nitro benzene ring substituents is 1. The summed E-state index contributed by atoms with van der Waals surface area (Å²) in [6.07, 6.45) is 3.09. The summed E-state index contributed by atoms with van der Waals surface area (Å²) in [7, 11) is 0. The molecule has 3 rings (SSSR count). The molecule has 0 heterocycles. The molecule has 4 atom stereocenters. The Morgan fingerprint density at radius 1 is 1.38 bits per heavy atom. The van der Waals surface area contributed by atoms with Crippen molar-refractivity contribution in [2.24, 2.45) is 23.5 Å². The number of hydrogen-bond donors (Lipinski definition) is 3. The van der Waals surface area contributed by atoms with Crippen molar-refractivity contribution >= 4 is 17.3 Å². The molecule has 2 fully saturated rings. The van der Waals surface area contributed by atoms with Crippen molar-refractivity contribution in [1.29, 1.82) is 0 Å². The van der Waals surface area contributed by atoms with Gasteiger partial charge in [-0.05, 0) is 37.2 Å². The molecule has 0 spiro atoms. The summed E-state index contributed by atoms with van der Waals surface area (Å²) in [5, 5.41) is 23.0. The molecule has 0 aliphatic heterocycles. The Morgan fingerprint density at radius 2 is 2.10 bits per heavy atom. The van der Waals surface area contributed by atoms with E-state index in [9.17, 15) is 20.0 Å². The Kier molecular flexibility index (Phi) is 3.29. The summed E-state index contributed by atoms with van der Waals surface area (Å²) in [6, 6.07) is 3.47. The second-order valence-corrected chi connectivity index (χ2v) is 5.88. The highest BCUT2D eigenvalue weighted by atomic mass is 16.6. The number of amides is 1. The average molecular weight is 291 g/mol. The van der Waals surface area contributed by atoms with Crippen LogP contribution in [-0.2, 0) is 4.79 Å². The summed E-state index contributed by atoms with van der Waals surface area (Å²) in [5.74, 6) is -0.0344. The van der Waals surface area contributed by atoms with E-state index in [-0.39, 0.29) is 35.0 Å². The van der Waals surface area contributed by atoms with E-state index < -0.39 is 4.92 Å². The van der Waals surface area contributed by atoms with Crippen LogP contribution >= 0.6 is 0 Å². The zero-order chi connectivity index (χ0) is 15.1. The number of nitro groups is 1. The highest BCUT2D eigenvalue weighted by Gasteiger charge is 2.49.